The van der Waals surface area contributed by atoms with Gasteiger partial charge in [-0.25, -0.2) is 0 Å². The maximum absolute atomic E-state index is 9.18. The van der Waals surface area contributed by atoms with E-state index in [2.05, 4.69) is 0 Å². The van der Waals surface area contributed by atoms with Crippen molar-refractivity contribution >= 4 is 12.4 Å². The third-order valence-corrected chi connectivity index (χ3v) is 2.65. The average molecular weight is 230 g/mol. The Morgan fingerprint density at radius 2 is 2.00 bits per heavy atom. The van der Waals surface area contributed by atoms with Crippen LogP contribution in [0, 0.1) is 0 Å². The van der Waals surface area contributed by atoms with E-state index in [1.54, 1.807) is 0 Å². The molecular weight excluding hydrogens is 214 g/mol. The summed E-state index contributed by atoms with van der Waals surface area (Å²) in [6.07, 6.45) is 0.301. The van der Waals surface area contributed by atoms with E-state index >= 15 is 0 Å². The van der Waals surface area contributed by atoms with Crippen LogP contribution in [0.4, 0.5) is 0 Å². The van der Waals surface area contributed by atoms with Gasteiger partial charge in [0.15, 0.2) is 0 Å². The standard InChI is InChI=1S/C11H15NO2.ClH/c12-11-9(13)6-10(11)14-7-8-4-2-1-3-5-8;/h1-5,9-11,13H,6-7,12H2;1H/t9?,10-,11-;/m1./s1. The molecule has 1 unspecified atom stereocenters. The molecule has 1 aromatic rings. The van der Waals surface area contributed by atoms with E-state index in [1.807, 2.05) is 30.3 Å². The Morgan fingerprint density at radius 3 is 2.53 bits per heavy atom. The van der Waals surface area contributed by atoms with Crippen LogP contribution < -0.4 is 5.73 Å². The molecule has 3 N–H and O–H groups in total. The zero-order chi connectivity index (χ0) is 9.97. The molecule has 0 heterocycles. The molecule has 0 radical (unpaired) electrons. The van der Waals surface area contributed by atoms with E-state index in [4.69, 9.17) is 10.5 Å². The number of rotatable bonds is 3. The summed E-state index contributed by atoms with van der Waals surface area (Å²) in [5, 5.41) is 9.18. The lowest BCUT2D eigenvalue weighted by molar-refractivity contribution is -0.0960. The van der Waals surface area contributed by atoms with E-state index in [-0.39, 0.29) is 30.7 Å². The molecule has 0 amide bonds. The van der Waals surface area contributed by atoms with E-state index in [0.29, 0.717) is 13.0 Å². The summed E-state index contributed by atoms with van der Waals surface area (Å²) < 4.78 is 5.56. The first-order chi connectivity index (χ1) is 6.77. The smallest absolute Gasteiger partial charge is 0.0781 e. The number of hydrogen-bond donors (Lipinski definition) is 2. The molecule has 1 saturated carbocycles. The molecule has 2 rings (SSSR count). The lowest BCUT2D eigenvalue weighted by atomic mass is 9.86. The van der Waals surface area contributed by atoms with E-state index < -0.39 is 0 Å². The number of ether oxygens (including phenoxy) is 1. The molecule has 1 aromatic carbocycles. The number of hydrogen-bond acceptors (Lipinski definition) is 3. The molecule has 3 nitrogen and oxygen atoms in total. The molecule has 1 fully saturated rings. The van der Waals surface area contributed by atoms with E-state index in [9.17, 15) is 5.11 Å². The summed E-state index contributed by atoms with van der Waals surface area (Å²) in [5.41, 5.74) is 6.80. The SMILES string of the molecule is Cl.N[C@@H]1C(O)C[C@H]1OCc1ccccc1. The normalized spacial score (nSPS) is 29.1. The molecule has 0 bridgehead atoms. The van der Waals surface area contributed by atoms with Gasteiger partial charge in [-0.15, -0.1) is 12.4 Å². The largest absolute Gasteiger partial charge is 0.391 e. The van der Waals surface area contributed by atoms with Crippen molar-refractivity contribution in [3.63, 3.8) is 0 Å². The van der Waals surface area contributed by atoms with Crippen LogP contribution in [0.5, 0.6) is 0 Å². The number of aliphatic hydroxyl groups excluding tert-OH is 1. The maximum atomic E-state index is 9.18. The van der Waals surface area contributed by atoms with Crippen molar-refractivity contribution in [2.24, 2.45) is 5.73 Å². The second-order valence-corrected chi connectivity index (χ2v) is 3.72. The summed E-state index contributed by atoms with van der Waals surface area (Å²) in [5.74, 6) is 0. The molecular formula is C11H16ClNO2. The number of halogens is 1. The predicted molar refractivity (Wildman–Crippen MR) is 60.9 cm³/mol. The van der Waals surface area contributed by atoms with Crippen LogP contribution >= 0.6 is 12.4 Å². The molecule has 3 atom stereocenters. The molecule has 0 aliphatic heterocycles. The van der Waals surface area contributed by atoms with Crippen LogP contribution in [0.25, 0.3) is 0 Å². The highest BCUT2D eigenvalue weighted by atomic mass is 35.5. The van der Waals surface area contributed by atoms with Crippen molar-refractivity contribution in [3.05, 3.63) is 35.9 Å². The van der Waals surface area contributed by atoms with Crippen LogP contribution in [0.1, 0.15) is 12.0 Å². The van der Waals surface area contributed by atoms with Gasteiger partial charge in [0, 0.05) is 6.42 Å². The Hall–Kier alpha value is -0.610. The third kappa shape index (κ3) is 2.92. The highest BCUT2D eigenvalue weighted by molar-refractivity contribution is 5.85. The summed E-state index contributed by atoms with van der Waals surface area (Å²) in [4.78, 5) is 0. The highest BCUT2D eigenvalue weighted by Crippen LogP contribution is 2.23. The molecule has 4 heteroatoms. The molecule has 0 saturated heterocycles. The minimum atomic E-state index is -0.379. The van der Waals surface area contributed by atoms with Gasteiger partial charge in [-0.1, -0.05) is 30.3 Å². The molecule has 0 aromatic heterocycles. The second-order valence-electron chi connectivity index (χ2n) is 3.72. The van der Waals surface area contributed by atoms with Gasteiger partial charge >= 0.3 is 0 Å². The van der Waals surface area contributed by atoms with Crippen LogP contribution in [-0.2, 0) is 11.3 Å². The minimum Gasteiger partial charge on any atom is -0.391 e. The Labute approximate surface area is 95.7 Å². The van der Waals surface area contributed by atoms with Crippen molar-refractivity contribution in [1.82, 2.24) is 0 Å². The molecule has 1 aliphatic rings. The van der Waals surface area contributed by atoms with Crippen molar-refractivity contribution in [2.75, 3.05) is 0 Å². The van der Waals surface area contributed by atoms with Crippen molar-refractivity contribution in [2.45, 2.75) is 31.3 Å². The monoisotopic (exact) mass is 229 g/mol. The van der Waals surface area contributed by atoms with Gasteiger partial charge in [-0.05, 0) is 5.56 Å². The first-order valence-electron chi connectivity index (χ1n) is 4.86. The van der Waals surface area contributed by atoms with Crippen LogP contribution in [0.15, 0.2) is 30.3 Å². The van der Waals surface area contributed by atoms with Gasteiger partial charge in [0.05, 0.1) is 24.9 Å². The number of aliphatic hydroxyl groups is 1. The summed E-state index contributed by atoms with van der Waals surface area (Å²) in [6.45, 7) is 0.575. The van der Waals surface area contributed by atoms with Gasteiger partial charge in [0.2, 0.25) is 0 Å². The zero-order valence-electron chi connectivity index (χ0n) is 8.37. The second kappa shape index (κ2) is 5.47. The fourth-order valence-corrected chi connectivity index (χ4v) is 1.56. The van der Waals surface area contributed by atoms with Gasteiger partial charge in [0.25, 0.3) is 0 Å². The topological polar surface area (TPSA) is 55.5 Å². The Kier molecular flexibility index (Phi) is 4.54. The summed E-state index contributed by atoms with van der Waals surface area (Å²) >= 11 is 0. The molecule has 84 valence electrons. The lowest BCUT2D eigenvalue weighted by Gasteiger charge is -2.38. The first kappa shape index (κ1) is 12.5. The molecule has 15 heavy (non-hydrogen) atoms. The number of benzene rings is 1. The van der Waals surface area contributed by atoms with E-state index in [1.165, 1.54) is 0 Å². The van der Waals surface area contributed by atoms with Gasteiger partial charge < -0.3 is 15.6 Å². The first-order valence-corrected chi connectivity index (χ1v) is 4.86. The lowest BCUT2D eigenvalue weighted by Crippen LogP contribution is -2.57. The van der Waals surface area contributed by atoms with Crippen LogP contribution in [0.3, 0.4) is 0 Å². The summed E-state index contributed by atoms with van der Waals surface area (Å²) in [7, 11) is 0. The van der Waals surface area contributed by atoms with Gasteiger partial charge in [-0.2, -0.15) is 0 Å². The fourth-order valence-electron chi connectivity index (χ4n) is 1.56. The fraction of sp³-hybridized carbons (Fsp3) is 0.455. The van der Waals surface area contributed by atoms with Crippen LogP contribution in [-0.4, -0.2) is 23.4 Å². The third-order valence-electron chi connectivity index (χ3n) is 2.65. The quantitative estimate of drug-likeness (QED) is 0.816. The average Bonchev–Trinajstić information content (AvgIpc) is 2.25. The molecule has 0 spiro atoms. The Morgan fingerprint density at radius 1 is 1.33 bits per heavy atom. The Bertz CT molecular complexity index is 294. The van der Waals surface area contributed by atoms with Gasteiger partial charge in [0.1, 0.15) is 0 Å². The zero-order valence-corrected chi connectivity index (χ0v) is 9.19. The van der Waals surface area contributed by atoms with Crippen molar-refractivity contribution in [3.8, 4) is 0 Å². The van der Waals surface area contributed by atoms with E-state index in [0.717, 1.165) is 5.56 Å². The predicted octanol–water partition coefficient (Wildman–Crippen LogP) is 1.09. The Balaban J connectivity index is 0.00000112. The van der Waals surface area contributed by atoms with Gasteiger partial charge in [-0.3, -0.25) is 0 Å². The highest BCUT2D eigenvalue weighted by Gasteiger charge is 2.37. The van der Waals surface area contributed by atoms with Crippen molar-refractivity contribution in [1.29, 1.82) is 0 Å². The maximum Gasteiger partial charge on any atom is 0.0781 e. The van der Waals surface area contributed by atoms with Crippen LogP contribution in [0.2, 0.25) is 0 Å². The van der Waals surface area contributed by atoms with Crippen molar-refractivity contribution < 1.29 is 9.84 Å². The minimum absolute atomic E-state index is 0. The number of nitrogens with two attached hydrogens (primary N) is 1. The molecule has 1 aliphatic carbocycles. The summed E-state index contributed by atoms with van der Waals surface area (Å²) in [6, 6.07) is 9.75.